The van der Waals surface area contributed by atoms with E-state index in [1.807, 2.05) is 26.0 Å². The van der Waals surface area contributed by atoms with Gasteiger partial charge in [-0.15, -0.1) is 0 Å². The number of ether oxygens (including phenoxy) is 2. The minimum absolute atomic E-state index is 0.00146. The van der Waals surface area contributed by atoms with Gasteiger partial charge >= 0.3 is 11.9 Å². The molecule has 0 aliphatic heterocycles. The van der Waals surface area contributed by atoms with Gasteiger partial charge in [-0.1, -0.05) is 38.2 Å². The van der Waals surface area contributed by atoms with Crippen molar-refractivity contribution in [3.05, 3.63) is 24.3 Å². The van der Waals surface area contributed by atoms with Crippen LogP contribution >= 0.6 is 0 Å². The fourth-order valence-electron chi connectivity index (χ4n) is 1.32. The molecule has 20 heavy (non-hydrogen) atoms. The van der Waals surface area contributed by atoms with Crippen LogP contribution in [0.15, 0.2) is 24.3 Å². The van der Waals surface area contributed by atoms with E-state index < -0.39 is 6.10 Å². The van der Waals surface area contributed by atoms with Gasteiger partial charge in [0.05, 0.1) is 12.8 Å². The summed E-state index contributed by atoms with van der Waals surface area (Å²) in [5.74, 6) is -0.720. The Kier molecular flexibility index (Phi) is 11.4. The molecule has 2 N–H and O–H groups in total. The second-order valence-corrected chi connectivity index (χ2v) is 4.20. The lowest BCUT2D eigenvalue weighted by atomic mass is 10.3. The minimum Gasteiger partial charge on any atom is -0.461 e. The van der Waals surface area contributed by atoms with E-state index in [9.17, 15) is 9.59 Å². The third-order valence-electron chi connectivity index (χ3n) is 2.36. The predicted molar refractivity (Wildman–Crippen MR) is 78.0 cm³/mol. The predicted octanol–water partition coefficient (Wildman–Crippen LogP) is 2.11. The van der Waals surface area contributed by atoms with Crippen LogP contribution in [0.3, 0.4) is 0 Å². The molecule has 0 aromatic heterocycles. The Balaban J connectivity index is 3.96. The fraction of sp³-hybridized carbons (Fsp3) is 0.600. The van der Waals surface area contributed by atoms with Crippen molar-refractivity contribution in [3.63, 3.8) is 0 Å². The van der Waals surface area contributed by atoms with Gasteiger partial charge in [0.25, 0.3) is 0 Å². The first kappa shape index (κ1) is 18.4. The van der Waals surface area contributed by atoms with Crippen LogP contribution in [0.2, 0.25) is 0 Å². The number of allylic oxidation sites excluding steroid dienone is 2. The number of carbonyl (C=O) groups is 2. The van der Waals surface area contributed by atoms with Crippen molar-refractivity contribution >= 4 is 11.9 Å². The molecule has 5 nitrogen and oxygen atoms in total. The molecule has 5 heteroatoms. The molecule has 1 unspecified atom stereocenters. The summed E-state index contributed by atoms with van der Waals surface area (Å²) in [6, 6.07) is 0. The molecule has 0 saturated carbocycles. The Morgan fingerprint density at radius 3 is 2.05 bits per heavy atom. The zero-order valence-corrected chi connectivity index (χ0v) is 12.3. The molecule has 0 aromatic rings. The van der Waals surface area contributed by atoms with Gasteiger partial charge in [-0.3, -0.25) is 9.59 Å². The first-order valence-electron chi connectivity index (χ1n) is 6.99. The summed E-state index contributed by atoms with van der Waals surface area (Å²) >= 11 is 0. The number of carbonyl (C=O) groups excluding carboxylic acids is 2. The number of rotatable bonds is 10. The number of hydrogen-bond acceptors (Lipinski definition) is 5. The van der Waals surface area contributed by atoms with Gasteiger partial charge in [-0.05, 0) is 12.8 Å². The topological polar surface area (TPSA) is 78.6 Å². The molecule has 0 aliphatic carbocycles. The Morgan fingerprint density at radius 2 is 1.55 bits per heavy atom. The van der Waals surface area contributed by atoms with E-state index in [0.717, 1.165) is 12.8 Å². The third kappa shape index (κ3) is 10.3. The zero-order valence-electron chi connectivity index (χ0n) is 12.3. The van der Waals surface area contributed by atoms with E-state index in [2.05, 4.69) is 0 Å². The summed E-state index contributed by atoms with van der Waals surface area (Å²) in [7, 11) is 0. The molecule has 0 saturated heterocycles. The number of esters is 2. The second kappa shape index (κ2) is 12.4. The molecule has 0 fully saturated rings. The van der Waals surface area contributed by atoms with E-state index in [1.54, 1.807) is 12.2 Å². The average Bonchev–Trinajstić information content (AvgIpc) is 2.44. The van der Waals surface area contributed by atoms with E-state index in [4.69, 9.17) is 15.2 Å². The summed E-state index contributed by atoms with van der Waals surface area (Å²) in [4.78, 5) is 22.8. The Morgan fingerprint density at radius 1 is 1.00 bits per heavy atom. The summed E-state index contributed by atoms with van der Waals surface area (Å²) in [6.07, 6.45) is 8.87. The van der Waals surface area contributed by atoms with Crippen LogP contribution in [-0.2, 0) is 19.1 Å². The van der Waals surface area contributed by atoms with Gasteiger partial charge in [0, 0.05) is 6.54 Å². The van der Waals surface area contributed by atoms with E-state index in [-0.39, 0.29) is 37.9 Å². The molecule has 0 radical (unpaired) electrons. The van der Waals surface area contributed by atoms with Crippen molar-refractivity contribution in [1.82, 2.24) is 0 Å². The summed E-state index contributed by atoms with van der Waals surface area (Å²) in [5, 5.41) is 0. The van der Waals surface area contributed by atoms with Gasteiger partial charge in [-0.25, -0.2) is 0 Å². The maximum Gasteiger partial charge on any atom is 0.310 e. The maximum atomic E-state index is 11.5. The Bertz CT molecular complexity index is 337. The van der Waals surface area contributed by atoms with Crippen LogP contribution in [0, 0.1) is 0 Å². The molecule has 0 aliphatic rings. The highest BCUT2D eigenvalue weighted by Crippen LogP contribution is 1.99. The van der Waals surface area contributed by atoms with Crippen molar-refractivity contribution < 1.29 is 19.1 Å². The third-order valence-corrected chi connectivity index (χ3v) is 2.36. The lowest BCUT2D eigenvalue weighted by molar-refractivity contribution is -0.157. The Labute approximate surface area is 120 Å². The molecule has 114 valence electrons. The van der Waals surface area contributed by atoms with Crippen LogP contribution in [0.1, 0.15) is 39.5 Å². The summed E-state index contributed by atoms with van der Waals surface area (Å²) in [6.45, 7) is 4.09. The quantitative estimate of drug-likeness (QED) is 0.491. The van der Waals surface area contributed by atoms with Crippen molar-refractivity contribution in [2.45, 2.75) is 45.6 Å². The molecule has 0 amide bonds. The molecule has 0 heterocycles. The average molecular weight is 283 g/mol. The molecular formula is C15H25NO4. The molecule has 0 aromatic carbocycles. The molecular weight excluding hydrogens is 258 g/mol. The van der Waals surface area contributed by atoms with Gasteiger partial charge in [0.15, 0.2) is 0 Å². The van der Waals surface area contributed by atoms with E-state index in [1.165, 1.54) is 0 Å². The highest BCUT2D eigenvalue weighted by atomic mass is 16.6. The van der Waals surface area contributed by atoms with Crippen molar-refractivity contribution in [2.75, 3.05) is 13.2 Å². The largest absolute Gasteiger partial charge is 0.461 e. The van der Waals surface area contributed by atoms with Gasteiger partial charge in [0.1, 0.15) is 12.7 Å². The van der Waals surface area contributed by atoms with Crippen molar-refractivity contribution in [2.24, 2.45) is 5.73 Å². The monoisotopic (exact) mass is 283 g/mol. The van der Waals surface area contributed by atoms with Gasteiger partial charge in [-0.2, -0.15) is 0 Å². The normalized spacial score (nSPS) is 12.8. The van der Waals surface area contributed by atoms with Gasteiger partial charge in [0.2, 0.25) is 0 Å². The zero-order chi connectivity index (χ0) is 15.2. The fourth-order valence-corrected chi connectivity index (χ4v) is 1.32. The van der Waals surface area contributed by atoms with Crippen LogP contribution in [-0.4, -0.2) is 31.2 Å². The van der Waals surface area contributed by atoms with Crippen LogP contribution in [0.5, 0.6) is 0 Å². The minimum atomic E-state index is -0.586. The lowest BCUT2D eigenvalue weighted by Crippen LogP contribution is -2.32. The number of nitrogens with two attached hydrogens (primary N) is 1. The van der Waals surface area contributed by atoms with Crippen LogP contribution < -0.4 is 5.73 Å². The maximum absolute atomic E-state index is 11.5. The smallest absolute Gasteiger partial charge is 0.310 e. The van der Waals surface area contributed by atoms with Gasteiger partial charge < -0.3 is 15.2 Å². The Hall–Kier alpha value is -1.62. The standard InChI is InChI=1S/C15H25NO4/c1-3-5-7-9-14(17)19-12-13(11-16)20-15(18)10-8-6-4-2/h5-8,13H,3-4,9-12,16H2,1-2H3/b7-5+,8-6+. The van der Waals surface area contributed by atoms with Crippen molar-refractivity contribution in [3.8, 4) is 0 Å². The second-order valence-electron chi connectivity index (χ2n) is 4.20. The molecule has 0 bridgehead atoms. The first-order valence-corrected chi connectivity index (χ1v) is 6.99. The highest BCUT2D eigenvalue weighted by Gasteiger charge is 2.14. The number of hydrogen-bond donors (Lipinski definition) is 1. The summed E-state index contributed by atoms with van der Waals surface area (Å²) < 4.78 is 10.1. The molecule has 0 rings (SSSR count). The first-order chi connectivity index (χ1) is 9.63. The van der Waals surface area contributed by atoms with Crippen LogP contribution in [0.4, 0.5) is 0 Å². The molecule has 0 spiro atoms. The van der Waals surface area contributed by atoms with Crippen LogP contribution in [0.25, 0.3) is 0 Å². The lowest BCUT2D eigenvalue weighted by Gasteiger charge is -2.15. The SMILES string of the molecule is CC/C=C/CC(=O)OCC(CN)OC(=O)C/C=C/CC. The van der Waals surface area contributed by atoms with Crippen molar-refractivity contribution in [1.29, 1.82) is 0 Å². The van der Waals surface area contributed by atoms with E-state index in [0.29, 0.717) is 0 Å². The highest BCUT2D eigenvalue weighted by molar-refractivity contribution is 5.72. The molecule has 1 atom stereocenters. The van der Waals surface area contributed by atoms with E-state index >= 15 is 0 Å². The summed E-state index contributed by atoms with van der Waals surface area (Å²) in [5.41, 5.74) is 5.48.